The molecule has 0 aliphatic heterocycles. The van der Waals surface area contributed by atoms with Crippen molar-refractivity contribution in [2.45, 2.75) is 39.4 Å². The van der Waals surface area contributed by atoms with Crippen LogP contribution < -0.4 is 5.32 Å². The van der Waals surface area contributed by atoms with Crippen molar-refractivity contribution in [3.63, 3.8) is 0 Å². The number of nitrogens with zero attached hydrogens (tertiary/aromatic N) is 1. The lowest BCUT2D eigenvalue weighted by molar-refractivity contribution is -0.143. The summed E-state index contributed by atoms with van der Waals surface area (Å²) >= 11 is 6.26. The van der Waals surface area contributed by atoms with E-state index in [-0.39, 0.29) is 17.7 Å². The molecule has 0 aliphatic rings. The highest BCUT2D eigenvalue weighted by atomic mass is 35.5. The average Bonchev–Trinajstić information content (AvgIpc) is 2.81. The van der Waals surface area contributed by atoms with E-state index in [4.69, 9.17) is 11.6 Å². The molecule has 3 aromatic carbocycles. The number of carbonyl (C=O) groups is 2. The Hall–Kier alpha value is -3.11. The van der Waals surface area contributed by atoms with Crippen LogP contribution in [0.25, 0.3) is 0 Å². The van der Waals surface area contributed by atoms with Crippen LogP contribution in [-0.2, 0) is 29.1 Å². The zero-order chi connectivity index (χ0) is 22.9. The Balaban J connectivity index is 1.89. The van der Waals surface area contributed by atoms with E-state index in [2.05, 4.69) is 5.32 Å². The van der Waals surface area contributed by atoms with Gasteiger partial charge in [-0.05, 0) is 22.8 Å². The van der Waals surface area contributed by atoms with E-state index in [1.165, 1.54) is 0 Å². The van der Waals surface area contributed by atoms with Gasteiger partial charge in [0.1, 0.15) is 6.04 Å². The molecule has 5 heteroatoms. The largest absolute Gasteiger partial charge is 0.350 e. The number of hydrogen-bond acceptors (Lipinski definition) is 2. The normalized spacial score (nSPS) is 11.8. The van der Waals surface area contributed by atoms with Crippen LogP contribution >= 0.6 is 11.6 Å². The lowest BCUT2D eigenvalue weighted by Gasteiger charge is -2.33. The van der Waals surface area contributed by atoms with Gasteiger partial charge in [-0.15, -0.1) is 0 Å². The second-order valence-corrected chi connectivity index (χ2v) is 8.53. The highest BCUT2D eigenvalue weighted by molar-refractivity contribution is 6.31. The summed E-state index contributed by atoms with van der Waals surface area (Å²) in [4.78, 5) is 28.4. The fourth-order valence-electron chi connectivity index (χ4n) is 3.58. The average molecular weight is 449 g/mol. The SMILES string of the molecule is CC(C)C(=O)N(Cc1ccccc1)[C@H](Cc1ccccc1)C(=O)NCc1ccccc1Cl. The van der Waals surface area contributed by atoms with Crippen molar-refractivity contribution in [2.75, 3.05) is 0 Å². The molecule has 32 heavy (non-hydrogen) atoms. The topological polar surface area (TPSA) is 49.4 Å². The molecule has 1 atom stereocenters. The second kappa shape index (κ2) is 11.5. The Morgan fingerprint density at radius 1 is 0.844 bits per heavy atom. The third-order valence-corrected chi connectivity index (χ3v) is 5.70. The van der Waals surface area contributed by atoms with E-state index < -0.39 is 6.04 Å². The number of rotatable bonds is 9. The van der Waals surface area contributed by atoms with Crippen LogP contribution in [0.3, 0.4) is 0 Å². The first-order valence-corrected chi connectivity index (χ1v) is 11.2. The summed E-state index contributed by atoms with van der Waals surface area (Å²) in [6, 6.07) is 26.3. The lowest BCUT2D eigenvalue weighted by Crippen LogP contribution is -2.51. The third kappa shape index (κ3) is 6.44. The van der Waals surface area contributed by atoms with E-state index >= 15 is 0 Å². The van der Waals surface area contributed by atoms with Crippen molar-refractivity contribution < 1.29 is 9.59 Å². The summed E-state index contributed by atoms with van der Waals surface area (Å²) in [5.41, 5.74) is 2.82. The molecule has 0 aromatic heterocycles. The van der Waals surface area contributed by atoms with E-state index in [1.54, 1.807) is 11.0 Å². The Morgan fingerprint density at radius 2 is 1.41 bits per heavy atom. The number of halogens is 1. The van der Waals surface area contributed by atoms with Crippen molar-refractivity contribution in [1.29, 1.82) is 0 Å². The number of carbonyl (C=O) groups excluding carboxylic acids is 2. The van der Waals surface area contributed by atoms with Gasteiger partial charge >= 0.3 is 0 Å². The third-order valence-electron chi connectivity index (χ3n) is 5.33. The molecule has 0 radical (unpaired) electrons. The Morgan fingerprint density at radius 3 is 2.00 bits per heavy atom. The minimum absolute atomic E-state index is 0.0531. The van der Waals surface area contributed by atoms with Crippen LogP contribution in [0.15, 0.2) is 84.9 Å². The molecular weight excluding hydrogens is 420 g/mol. The number of benzene rings is 3. The molecule has 0 aliphatic carbocycles. The van der Waals surface area contributed by atoms with Crippen LogP contribution in [0.2, 0.25) is 5.02 Å². The minimum Gasteiger partial charge on any atom is -0.350 e. The van der Waals surface area contributed by atoms with Gasteiger partial charge in [0.25, 0.3) is 0 Å². The maximum atomic E-state index is 13.4. The molecule has 0 bridgehead atoms. The summed E-state index contributed by atoms with van der Waals surface area (Å²) in [6.07, 6.45) is 0.431. The first-order chi connectivity index (χ1) is 15.5. The van der Waals surface area contributed by atoms with Crippen LogP contribution in [0.1, 0.15) is 30.5 Å². The van der Waals surface area contributed by atoms with Gasteiger partial charge in [0, 0.05) is 30.5 Å². The first-order valence-electron chi connectivity index (χ1n) is 10.8. The van der Waals surface area contributed by atoms with Gasteiger partial charge < -0.3 is 10.2 Å². The zero-order valence-electron chi connectivity index (χ0n) is 18.5. The predicted octanol–water partition coefficient (Wildman–Crippen LogP) is 5.25. The summed E-state index contributed by atoms with van der Waals surface area (Å²) in [6.45, 7) is 4.40. The molecular formula is C27H29ClN2O2. The Labute approximate surface area is 195 Å². The molecule has 0 heterocycles. The van der Waals surface area contributed by atoms with Crippen LogP contribution in [-0.4, -0.2) is 22.8 Å². The van der Waals surface area contributed by atoms with Gasteiger partial charge in [0.15, 0.2) is 0 Å². The molecule has 0 unspecified atom stereocenters. The van der Waals surface area contributed by atoms with E-state index in [0.29, 0.717) is 24.5 Å². The molecule has 0 spiro atoms. The van der Waals surface area contributed by atoms with Gasteiger partial charge in [-0.25, -0.2) is 0 Å². The fraction of sp³-hybridized carbons (Fsp3) is 0.259. The number of hydrogen-bond donors (Lipinski definition) is 1. The van der Waals surface area contributed by atoms with E-state index in [9.17, 15) is 9.59 Å². The smallest absolute Gasteiger partial charge is 0.243 e. The maximum Gasteiger partial charge on any atom is 0.243 e. The molecule has 4 nitrogen and oxygen atoms in total. The quantitative estimate of drug-likeness (QED) is 0.486. The number of amides is 2. The molecule has 166 valence electrons. The first kappa shape index (κ1) is 23.6. The summed E-state index contributed by atoms with van der Waals surface area (Å²) in [5.74, 6) is -0.477. The highest BCUT2D eigenvalue weighted by Gasteiger charge is 2.31. The lowest BCUT2D eigenvalue weighted by atomic mass is 10.0. The van der Waals surface area contributed by atoms with Crippen molar-refractivity contribution in [2.24, 2.45) is 5.92 Å². The van der Waals surface area contributed by atoms with Gasteiger partial charge in [-0.3, -0.25) is 9.59 Å². The summed E-state index contributed by atoms with van der Waals surface area (Å²) < 4.78 is 0. The second-order valence-electron chi connectivity index (χ2n) is 8.12. The Kier molecular flexibility index (Phi) is 8.46. The summed E-state index contributed by atoms with van der Waals surface area (Å²) in [7, 11) is 0. The molecule has 2 amide bonds. The van der Waals surface area contributed by atoms with Crippen molar-refractivity contribution in [3.8, 4) is 0 Å². The number of nitrogens with one attached hydrogen (secondary N) is 1. The molecule has 0 fully saturated rings. The van der Waals surface area contributed by atoms with Gasteiger partial charge in [-0.1, -0.05) is 104 Å². The summed E-state index contributed by atoms with van der Waals surface area (Å²) in [5, 5.41) is 3.61. The Bertz CT molecular complexity index is 1020. The molecule has 0 saturated heterocycles. The highest BCUT2D eigenvalue weighted by Crippen LogP contribution is 2.18. The molecule has 1 N–H and O–H groups in total. The zero-order valence-corrected chi connectivity index (χ0v) is 19.3. The van der Waals surface area contributed by atoms with E-state index in [1.807, 2.05) is 92.7 Å². The standard InChI is InChI=1S/C27H29ClN2O2/c1-20(2)27(32)30(19-22-13-7-4-8-14-22)25(17-21-11-5-3-6-12-21)26(31)29-18-23-15-9-10-16-24(23)28/h3-16,20,25H,17-19H2,1-2H3,(H,29,31)/t25-/m1/s1. The predicted molar refractivity (Wildman–Crippen MR) is 129 cm³/mol. The molecule has 3 rings (SSSR count). The monoisotopic (exact) mass is 448 g/mol. The van der Waals surface area contributed by atoms with Crippen LogP contribution in [0.5, 0.6) is 0 Å². The van der Waals surface area contributed by atoms with Gasteiger partial charge in [0.05, 0.1) is 0 Å². The maximum absolute atomic E-state index is 13.4. The fourth-order valence-corrected chi connectivity index (χ4v) is 3.78. The van der Waals surface area contributed by atoms with Gasteiger partial charge in [-0.2, -0.15) is 0 Å². The van der Waals surface area contributed by atoms with Crippen LogP contribution in [0, 0.1) is 5.92 Å². The van der Waals surface area contributed by atoms with E-state index in [0.717, 1.165) is 16.7 Å². The molecule has 3 aromatic rings. The van der Waals surface area contributed by atoms with Crippen molar-refractivity contribution in [3.05, 3.63) is 107 Å². The minimum atomic E-state index is -0.644. The van der Waals surface area contributed by atoms with Gasteiger partial charge in [0.2, 0.25) is 11.8 Å². The molecule has 0 saturated carbocycles. The van der Waals surface area contributed by atoms with Crippen molar-refractivity contribution in [1.82, 2.24) is 10.2 Å². The van der Waals surface area contributed by atoms with Crippen molar-refractivity contribution >= 4 is 23.4 Å². The van der Waals surface area contributed by atoms with Crippen LogP contribution in [0.4, 0.5) is 0 Å².